The van der Waals surface area contributed by atoms with Gasteiger partial charge in [0, 0.05) is 25.7 Å². The van der Waals surface area contributed by atoms with Gasteiger partial charge in [-0.05, 0) is 110 Å². The Bertz CT molecular complexity index is 3840. The zero-order chi connectivity index (χ0) is 41.4. The maximum atomic E-state index is 2.45. The van der Waals surface area contributed by atoms with Crippen molar-refractivity contribution in [3.05, 3.63) is 231 Å². The minimum absolute atomic E-state index is 1.23. The number of benzene rings is 12. The van der Waals surface area contributed by atoms with Gasteiger partial charge in [0.15, 0.2) is 0 Å². The van der Waals surface area contributed by atoms with Crippen LogP contribution in [0.3, 0.4) is 0 Å². The minimum Gasteiger partial charge on any atom is -0.135 e. The van der Waals surface area contributed by atoms with Crippen LogP contribution in [0, 0.1) is 0 Å². The molecule has 0 saturated heterocycles. The van der Waals surface area contributed by atoms with E-state index in [0.29, 0.717) is 0 Å². The summed E-state index contributed by atoms with van der Waals surface area (Å²) in [5.74, 6) is 0. The van der Waals surface area contributed by atoms with Crippen LogP contribution in [0.2, 0.25) is 0 Å². The van der Waals surface area contributed by atoms with Gasteiger partial charge >= 0.3 is 0 Å². The van der Waals surface area contributed by atoms with E-state index in [9.17, 15) is 0 Å². The van der Waals surface area contributed by atoms with Crippen molar-refractivity contribution in [2.75, 3.05) is 0 Å². The molecule has 0 spiro atoms. The highest BCUT2D eigenvalue weighted by molar-refractivity contribution is 7.26. The van der Waals surface area contributed by atoms with E-state index in [-0.39, 0.29) is 0 Å². The molecule has 0 amide bonds. The molecule has 292 valence electrons. The zero-order valence-electron chi connectivity index (χ0n) is 34.3. The molecule has 0 atom stereocenters. The maximum Gasteiger partial charge on any atom is 0.0434 e. The maximum absolute atomic E-state index is 2.45. The van der Waals surface area contributed by atoms with Gasteiger partial charge in [-0.2, -0.15) is 0 Å². The van der Waals surface area contributed by atoms with Crippen LogP contribution in [-0.2, 0) is 0 Å². The molecule has 0 nitrogen and oxygen atoms in total. The largest absolute Gasteiger partial charge is 0.135 e. The van der Waals surface area contributed by atoms with Crippen LogP contribution in [0.25, 0.3) is 130 Å². The van der Waals surface area contributed by atoms with E-state index < -0.39 is 0 Å². The predicted octanol–water partition coefficient (Wildman–Crippen LogP) is 18.2. The number of rotatable bonds is 5. The molecule has 0 fully saturated rings. The van der Waals surface area contributed by atoms with Crippen molar-refractivity contribution in [3.8, 4) is 55.6 Å². The molecule has 0 saturated carbocycles. The second-order valence-electron chi connectivity index (χ2n) is 16.6. The zero-order valence-corrected chi connectivity index (χ0v) is 35.2. The summed E-state index contributed by atoms with van der Waals surface area (Å²) in [5, 5.41) is 15.3. The topological polar surface area (TPSA) is 0 Å². The lowest BCUT2D eigenvalue weighted by atomic mass is 9.83. The molecule has 0 N–H and O–H groups in total. The van der Waals surface area contributed by atoms with Crippen molar-refractivity contribution in [1.82, 2.24) is 0 Å². The lowest BCUT2D eigenvalue weighted by Crippen LogP contribution is -1.92. The van der Waals surface area contributed by atoms with Crippen LogP contribution in [-0.4, -0.2) is 0 Å². The van der Waals surface area contributed by atoms with Gasteiger partial charge < -0.3 is 0 Å². The number of hydrogen-bond donors (Lipinski definition) is 0. The number of hydrogen-bond acceptors (Lipinski definition) is 1. The summed E-state index contributed by atoms with van der Waals surface area (Å²) in [7, 11) is 0. The fourth-order valence-electron chi connectivity index (χ4n) is 10.6. The third kappa shape index (κ3) is 5.54. The molecule has 13 rings (SSSR count). The molecule has 1 heteroatoms. The van der Waals surface area contributed by atoms with E-state index >= 15 is 0 Å². The van der Waals surface area contributed by atoms with E-state index in [4.69, 9.17) is 0 Å². The Labute approximate surface area is 369 Å². The Morgan fingerprint density at radius 3 is 1.14 bits per heavy atom. The van der Waals surface area contributed by atoms with Crippen LogP contribution in [0.4, 0.5) is 0 Å². The van der Waals surface area contributed by atoms with E-state index in [1.54, 1.807) is 0 Å². The van der Waals surface area contributed by atoms with Gasteiger partial charge in [-0.3, -0.25) is 0 Å². The monoisotopic (exact) mass is 814 g/mol. The Morgan fingerprint density at radius 2 is 0.603 bits per heavy atom. The smallest absolute Gasteiger partial charge is 0.0434 e. The molecular weight excluding hydrogens is 777 g/mol. The third-order valence-corrected chi connectivity index (χ3v) is 14.5. The first-order chi connectivity index (χ1) is 31.3. The minimum atomic E-state index is 1.23. The van der Waals surface area contributed by atoms with Gasteiger partial charge in [0.2, 0.25) is 0 Å². The molecule has 12 aromatic carbocycles. The van der Waals surface area contributed by atoms with Crippen LogP contribution in [0.15, 0.2) is 231 Å². The standard InChI is InChI=1S/C62H38S/c1-3-18-39(19-4-1)42-36-37-54(44-23-8-7-22-43(42)44)60-50-28-13-11-26-48(50)59(49-27-12-14-29-51(49)60)41-34-35-45-55-32-17-33-56(62(55)63-57(45)38-41)61-52-30-15-9-24-46(52)58(40-20-5-2-6-21-40)47-25-10-16-31-53(47)61/h1-38H. The third-order valence-electron chi connectivity index (χ3n) is 13.3. The summed E-state index contributed by atoms with van der Waals surface area (Å²) in [6.07, 6.45) is 0. The van der Waals surface area contributed by atoms with Crippen LogP contribution >= 0.6 is 11.3 Å². The average molecular weight is 815 g/mol. The molecule has 63 heavy (non-hydrogen) atoms. The molecular formula is C62H38S. The molecule has 0 radical (unpaired) electrons. The van der Waals surface area contributed by atoms with Gasteiger partial charge in [-0.25, -0.2) is 0 Å². The molecule has 1 aromatic heterocycles. The van der Waals surface area contributed by atoms with Crippen molar-refractivity contribution in [2.45, 2.75) is 0 Å². The lowest BCUT2D eigenvalue weighted by molar-refractivity contribution is 1.64. The highest BCUT2D eigenvalue weighted by atomic mass is 32.1. The Kier molecular flexibility index (Phi) is 8.19. The van der Waals surface area contributed by atoms with Crippen LogP contribution in [0.5, 0.6) is 0 Å². The second-order valence-corrected chi connectivity index (χ2v) is 17.7. The molecule has 13 aromatic rings. The van der Waals surface area contributed by atoms with Crippen LogP contribution in [0.1, 0.15) is 0 Å². The molecule has 0 bridgehead atoms. The van der Waals surface area contributed by atoms with E-state index in [1.165, 1.54) is 130 Å². The Hall–Kier alpha value is -7.84. The first-order valence-corrected chi connectivity index (χ1v) is 22.6. The van der Waals surface area contributed by atoms with Crippen molar-refractivity contribution >= 4 is 85.4 Å². The molecule has 0 unspecified atom stereocenters. The van der Waals surface area contributed by atoms with Gasteiger partial charge in [0.25, 0.3) is 0 Å². The van der Waals surface area contributed by atoms with Crippen molar-refractivity contribution in [1.29, 1.82) is 0 Å². The highest BCUT2D eigenvalue weighted by Gasteiger charge is 2.22. The summed E-state index contributed by atoms with van der Waals surface area (Å²) in [5.41, 5.74) is 12.7. The molecule has 0 aliphatic rings. The Balaban J connectivity index is 1.03. The number of thiophene rings is 1. The van der Waals surface area contributed by atoms with Gasteiger partial charge in [-0.1, -0.05) is 224 Å². The highest BCUT2D eigenvalue weighted by Crippen LogP contribution is 2.50. The van der Waals surface area contributed by atoms with Gasteiger partial charge in [0.1, 0.15) is 0 Å². The molecule has 0 aliphatic heterocycles. The first-order valence-electron chi connectivity index (χ1n) is 21.8. The lowest BCUT2D eigenvalue weighted by Gasteiger charge is -2.19. The summed E-state index contributed by atoms with van der Waals surface area (Å²) in [6, 6.07) is 85.3. The fourth-order valence-corrected chi connectivity index (χ4v) is 11.9. The SMILES string of the molecule is c1ccc(-c2ccc(-c3c4ccccc4c(-c4ccc5c(c4)sc4c(-c6c7ccccc7c(-c7ccccc7)c7ccccc67)cccc45)c4ccccc34)c3ccccc23)cc1. The van der Waals surface area contributed by atoms with E-state index in [0.717, 1.165) is 0 Å². The van der Waals surface area contributed by atoms with Gasteiger partial charge in [-0.15, -0.1) is 11.3 Å². The van der Waals surface area contributed by atoms with Crippen molar-refractivity contribution in [3.63, 3.8) is 0 Å². The van der Waals surface area contributed by atoms with Crippen LogP contribution < -0.4 is 0 Å². The van der Waals surface area contributed by atoms with E-state index in [1.807, 2.05) is 11.3 Å². The summed E-state index contributed by atoms with van der Waals surface area (Å²) >= 11 is 1.92. The first kappa shape index (κ1) is 35.9. The van der Waals surface area contributed by atoms with Crippen molar-refractivity contribution < 1.29 is 0 Å². The average Bonchev–Trinajstić information content (AvgIpc) is 3.73. The fraction of sp³-hybridized carbons (Fsp3) is 0. The summed E-state index contributed by atoms with van der Waals surface area (Å²) in [6.45, 7) is 0. The summed E-state index contributed by atoms with van der Waals surface area (Å²) in [4.78, 5) is 0. The quantitative estimate of drug-likeness (QED) is 0.152. The normalized spacial score (nSPS) is 11.8. The van der Waals surface area contributed by atoms with Crippen molar-refractivity contribution in [2.24, 2.45) is 0 Å². The summed E-state index contributed by atoms with van der Waals surface area (Å²) < 4.78 is 2.62. The van der Waals surface area contributed by atoms with E-state index in [2.05, 4.69) is 231 Å². The number of fused-ring (bicyclic) bond motifs is 8. The molecule has 0 aliphatic carbocycles. The molecule has 1 heterocycles. The second kappa shape index (κ2) is 14.4. The Morgan fingerprint density at radius 1 is 0.206 bits per heavy atom. The predicted molar refractivity (Wildman–Crippen MR) is 274 cm³/mol. The van der Waals surface area contributed by atoms with Gasteiger partial charge in [0.05, 0.1) is 0 Å².